The summed E-state index contributed by atoms with van der Waals surface area (Å²) in [6.45, 7) is 2.79. The summed E-state index contributed by atoms with van der Waals surface area (Å²) in [5.74, 6) is -0.200. The molecular formula is C19H20Cl2N2O2. The number of hydrogen-bond donors (Lipinski definition) is 0. The lowest BCUT2D eigenvalue weighted by atomic mass is 9.92. The van der Waals surface area contributed by atoms with Crippen molar-refractivity contribution in [2.45, 2.75) is 39.2 Å². The maximum absolute atomic E-state index is 11.7. The summed E-state index contributed by atoms with van der Waals surface area (Å²) in [6, 6.07) is 5.49. The van der Waals surface area contributed by atoms with E-state index in [-0.39, 0.29) is 12.4 Å². The molecule has 3 rings (SSSR count). The van der Waals surface area contributed by atoms with E-state index in [2.05, 4.69) is 5.10 Å². The maximum Gasteiger partial charge on any atom is 0.309 e. The fourth-order valence-corrected chi connectivity index (χ4v) is 3.59. The van der Waals surface area contributed by atoms with E-state index >= 15 is 0 Å². The van der Waals surface area contributed by atoms with Gasteiger partial charge in [-0.25, -0.2) is 0 Å². The number of carbonyl (C=O) groups excluding carboxylic acids is 1. The van der Waals surface area contributed by atoms with Gasteiger partial charge < -0.3 is 4.74 Å². The van der Waals surface area contributed by atoms with Crippen molar-refractivity contribution in [1.82, 2.24) is 9.78 Å². The maximum atomic E-state index is 11.7. The molecule has 0 saturated heterocycles. The van der Waals surface area contributed by atoms with Crippen LogP contribution in [0.1, 0.15) is 43.0 Å². The summed E-state index contributed by atoms with van der Waals surface area (Å²) in [6.07, 6.45) is 7.17. The van der Waals surface area contributed by atoms with Crippen LogP contribution in [-0.2, 0) is 22.5 Å². The van der Waals surface area contributed by atoms with Crippen molar-refractivity contribution in [2.75, 3.05) is 6.61 Å². The molecule has 25 heavy (non-hydrogen) atoms. The Morgan fingerprint density at radius 2 is 2.20 bits per heavy atom. The minimum atomic E-state index is -0.200. The number of aromatic nitrogens is 2. The highest BCUT2D eigenvalue weighted by atomic mass is 35.5. The van der Waals surface area contributed by atoms with Crippen LogP contribution in [0, 0.1) is 0 Å². The number of nitrogens with zero attached hydrogens (tertiary/aromatic N) is 2. The second-order valence-electron chi connectivity index (χ2n) is 6.00. The van der Waals surface area contributed by atoms with Gasteiger partial charge in [0, 0.05) is 10.0 Å². The van der Waals surface area contributed by atoms with Crippen LogP contribution in [0.25, 0.3) is 5.57 Å². The number of benzene rings is 1. The molecule has 0 spiro atoms. The molecule has 1 aromatic carbocycles. The first kappa shape index (κ1) is 18.0. The molecule has 4 nitrogen and oxygen atoms in total. The van der Waals surface area contributed by atoms with Crippen molar-refractivity contribution in [3.05, 3.63) is 57.3 Å². The zero-order chi connectivity index (χ0) is 17.8. The molecule has 1 heterocycles. The largest absolute Gasteiger partial charge is 0.466 e. The molecule has 0 unspecified atom stereocenters. The van der Waals surface area contributed by atoms with Crippen molar-refractivity contribution >= 4 is 34.7 Å². The average molecular weight is 379 g/mol. The Morgan fingerprint density at radius 3 is 2.96 bits per heavy atom. The molecule has 0 aliphatic heterocycles. The van der Waals surface area contributed by atoms with E-state index in [4.69, 9.17) is 27.9 Å². The van der Waals surface area contributed by atoms with Crippen LogP contribution in [0.5, 0.6) is 0 Å². The monoisotopic (exact) mass is 378 g/mol. The minimum Gasteiger partial charge on any atom is -0.466 e. The van der Waals surface area contributed by atoms with Crippen molar-refractivity contribution < 1.29 is 9.53 Å². The van der Waals surface area contributed by atoms with Crippen molar-refractivity contribution in [1.29, 1.82) is 0 Å². The first-order valence-electron chi connectivity index (χ1n) is 8.42. The highest BCUT2D eigenvalue weighted by molar-refractivity contribution is 6.35. The standard InChI is InChI=1S/C19H20Cl2N2O2/c1-2-25-18(24)9-7-13-4-3-5-14-11-22-23(19(13)14)12-15-6-8-16(20)10-17(15)21/h6-8,10-11H,2-5,9,12H2,1H3/b13-7+. The molecule has 0 N–H and O–H groups in total. The fraction of sp³-hybridized carbons (Fsp3) is 0.368. The Hall–Kier alpha value is -1.78. The van der Waals surface area contributed by atoms with Crippen molar-refractivity contribution in [2.24, 2.45) is 0 Å². The van der Waals surface area contributed by atoms with Crippen molar-refractivity contribution in [3.63, 3.8) is 0 Å². The van der Waals surface area contributed by atoms with E-state index in [1.807, 2.05) is 36.0 Å². The molecule has 0 atom stereocenters. The predicted molar refractivity (Wildman–Crippen MR) is 100.0 cm³/mol. The summed E-state index contributed by atoms with van der Waals surface area (Å²) >= 11 is 12.3. The van der Waals surface area contributed by atoms with E-state index in [0.29, 0.717) is 23.2 Å². The molecular weight excluding hydrogens is 359 g/mol. The average Bonchev–Trinajstić information content (AvgIpc) is 2.99. The first-order valence-corrected chi connectivity index (χ1v) is 9.17. The first-order chi connectivity index (χ1) is 12.1. The summed E-state index contributed by atoms with van der Waals surface area (Å²) in [5, 5.41) is 5.78. The van der Waals surface area contributed by atoms with Gasteiger partial charge in [-0.1, -0.05) is 35.3 Å². The lowest BCUT2D eigenvalue weighted by Gasteiger charge is -2.18. The van der Waals surface area contributed by atoms with Crippen LogP contribution in [-0.4, -0.2) is 22.4 Å². The number of hydrogen-bond acceptors (Lipinski definition) is 3. The van der Waals surface area contributed by atoms with Gasteiger partial charge in [-0.05, 0) is 55.0 Å². The van der Waals surface area contributed by atoms with E-state index in [9.17, 15) is 4.79 Å². The second-order valence-corrected chi connectivity index (χ2v) is 6.85. The topological polar surface area (TPSA) is 44.1 Å². The molecule has 6 heteroatoms. The lowest BCUT2D eigenvalue weighted by Crippen LogP contribution is -2.11. The van der Waals surface area contributed by atoms with E-state index in [1.165, 1.54) is 5.56 Å². The lowest BCUT2D eigenvalue weighted by molar-refractivity contribution is -0.142. The Bertz CT molecular complexity index is 812. The third-order valence-electron chi connectivity index (χ3n) is 4.27. The zero-order valence-corrected chi connectivity index (χ0v) is 15.6. The van der Waals surface area contributed by atoms with Gasteiger partial charge in [0.15, 0.2) is 0 Å². The molecule has 0 saturated carbocycles. The third-order valence-corrected chi connectivity index (χ3v) is 4.85. The van der Waals surface area contributed by atoms with Crippen LogP contribution in [0.3, 0.4) is 0 Å². The molecule has 2 aromatic rings. The number of carbonyl (C=O) groups is 1. The molecule has 1 aromatic heterocycles. The predicted octanol–water partition coefficient (Wildman–Crippen LogP) is 4.91. The second kappa shape index (κ2) is 8.07. The third kappa shape index (κ3) is 4.25. The summed E-state index contributed by atoms with van der Waals surface area (Å²) in [5.41, 5.74) is 4.43. The molecule has 132 valence electrons. The van der Waals surface area contributed by atoms with Gasteiger partial charge >= 0.3 is 5.97 Å². The summed E-state index contributed by atoms with van der Waals surface area (Å²) in [7, 11) is 0. The summed E-state index contributed by atoms with van der Waals surface area (Å²) < 4.78 is 6.98. The van der Waals surface area contributed by atoms with Gasteiger partial charge in [0.1, 0.15) is 0 Å². The minimum absolute atomic E-state index is 0.200. The quantitative estimate of drug-likeness (QED) is 0.694. The van der Waals surface area contributed by atoms with Crippen LogP contribution in [0.2, 0.25) is 10.0 Å². The fourth-order valence-electron chi connectivity index (χ4n) is 3.12. The Morgan fingerprint density at radius 1 is 1.36 bits per heavy atom. The van der Waals surface area contributed by atoms with Gasteiger partial charge in [-0.15, -0.1) is 0 Å². The number of aryl methyl sites for hydroxylation is 1. The van der Waals surface area contributed by atoms with Gasteiger partial charge in [0.25, 0.3) is 0 Å². The molecule has 0 fully saturated rings. The number of fused-ring (bicyclic) bond motifs is 1. The summed E-state index contributed by atoms with van der Waals surface area (Å²) in [4.78, 5) is 11.7. The molecule has 0 bridgehead atoms. The normalized spacial score (nSPS) is 15.2. The Labute approximate surface area is 157 Å². The number of allylic oxidation sites excluding steroid dienone is 1. The Kier molecular flexibility index (Phi) is 5.82. The van der Waals surface area contributed by atoms with Crippen LogP contribution in [0.15, 0.2) is 30.5 Å². The van der Waals surface area contributed by atoms with E-state index < -0.39 is 0 Å². The highest BCUT2D eigenvalue weighted by Gasteiger charge is 2.20. The molecule has 1 aliphatic carbocycles. The van der Waals surface area contributed by atoms with Gasteiger partial charge in [-0.3, -0.25) is 9.48 Å². The molecule has 0 amide bonds. The zero-order valence-electron chi connectivity index (χ0n) is 14.1. The van der Waals surface area contributed by atoms with Crippen LogP contribution >= 0.6 is 23.2 Å². The van der Waals surface area contributed by atoms with Crippen LogP contribution in [0.4, 0.5) is 0 Å². The van der Waals surface area contributed by atoms with Crippen LogP contribution < -0.4 is 0 Å². The number of esters is 1. The van der Waals surface area contributed by atoms with Crippen molar-refractivity contribution in [3.8, 4) is 0 Å². The SMILES string of the molecule is CCOC(=O)C/C=C1\CCCc2cnn(Cc3ccc(Cl)cc3Cl)c21. The highest BCUT2D eigenvalue weighted by Crippen LogP contribution is 2.32. The Balaban J connectivity index is 1.87. The van der Waals surface area contributed by atoms with Gasteiger partial charge in [0.05, 0.1) is 31.5 Å². The molecule has 1 aliphatic rings. The smallest absolute Gasteiger partial charge is 0.309 e. The number of halogens is 2. The number of rotatable bonds is 5. The van der Waals surface area contributed by atoms with E-state index in [1.54, 1.807) is 6.07 Å². The number of ether oxygens (including phenoxy) is 1. The van der Waals surface area contributed by atoms with E-state index in [0.717, 1.165) is 36.1 Å². The molecule has 0 radical (unpaired) electrons. The van der Waals surface area contributed by atoms with Gasteiger partial charge in [-0.2, -0.15) is 5.10 Å². The van der Waals surface area contributed by atoms with Gasteiger partial charge in [0.2, 0.25) is 0 Å².